The van der Waals surface area contributed by atoms with Crippen molar-refractivity contribution in [2.75, 3.05) is 13.1 Å². The van der Waals surface area contributed by atoms with Crippen LogP contribution in [0, 0.1) is 0 Å². The van der Waals surface area contributed by atoms with E-state index < -0.39 is 5.97 Å². The van der Waals surface area contributed by atoms with Gasteiger partial charge in [-0.25, -0.2) is 0 Å². The van der Waals surface area contributed by atoms with E-state index in [2.05, 4.69) is 12.2 Å². The van der Waals surface area contributed by atoms with Crippen molar-refractivity contribution in [3.05, 3.63) is 0 Å². The van der Waals surface area contributed by atoms with Crippen molar-refractivity contribution in [3.8, 4) is 0 Å². The van der Waals surface area contributed by atoms with Gasteiger partial charge in [0, 0.05) is 6.54 Å². The van der Waals surface area contributed by atoms with Gasteiger partial charge in [0.25, 0.3) is 0 Å². The number of nitrogens with one attached hydrogen (secondary N) is 1. The van der Waals surface area contributed by atoms with Crippen molar-refractivity contribution < 1.29 is 61.3 Å². The average molecular weight is 183 g/mol. The number of hydrogen-bond acceptors (Lipinski definition) is 3. The van der Waals surface area contributed by atoms with Crippen molar-refractivity contribution in [1.29, 1.82) is 0 Å². The first kappa shape index (κ1) is 14.6. The molecule has 0 heterocycles. The summed E-state index contributed by atoms with van der Waals surface area (Å²) in [7, 11) is 0. The summed E-state index contributed by atoms with van der Waals surface area (Å²) in [5.41, 5.74) is 0. The number of carbonyl (C=O) groups is 1. The van der Waals surface area contributed by atoms with Crippen LogP contribution in [0.2, 0.25) is 0 Å². The first-order valence-corrected chi connectivity index (χ1v) is 3.68. The van der Waals surface area contributed by atoms with E-state index in [0.717, 1.165) is 25.8 Å². The van der Waals surface area contributed by atoms with E-state index in [-0.39, 0.29) is 57.9 Å². The van der Waals surface area contributed by atoms with Gasteiger partial charge in [0.2, 0.25) is 0 Å². The zero-order valence-corrected chi connectivity index (χ0v) is 10.5. The number of carboxylic acid groups (broad SMARTS) is 1. The Morgan fingerprint density at radius 2 is 2.09 bits per heavy atom. The van der Waals surface area contributed by atoms with Gasteiger partial charge in [0.05, 0.1) is 5.97 Å². The molecule has 11 heavy (non-hydrogen) atoms. The Morgan fingerprint density at radius 3 is 2.55 bits per heavy atom. The van der Waals surface area contributed by atoms with E-state index in [1.807, 2.05) is 0 Å². The van der Waals surface area contributed by atoms with Gasteiger partial charge in [0.15, 0.2) is 0 Å². The molecule has 0 fully saturated rings. The smallest absolute Gasteiger partial charge is 0.549 e. The maximum absolute atomic E-state index is 9.86. The van der Waals surface area contributed by atoms with Gasteiger partial charge in [0.1, 0.15) is 0 Å². The minimum Gasteiger partial charge on any atom is -0.549 e. The van der Waals surface area contributed by atoms with Gasteiger partial charge in [-0.15, -0.1) is 0 Å². The summed E-state index contributed by atoms with van der Waals surface area (Å²) in [6, 6.07) is 0. The molecule has 0 amide bonds. The second kappa shape index (κ2) is 11.1. The third-order valence-corrected chi connectivity index (χ3v) is 1.23. The zero-order valence-electron chi connectivity index (χ0n) is 7.35. The van der Waals surface area contributed by atoms with Crippen LogP contribution in [0.3, 0.4) is 0 Å². The van der Waals surface area contributed by atoms with Crippen LogP contribution in [0.1, 0.15) is 26.2 Å². The van der Waals surface area contributed by atoms with Crippen LogP contribution in [0.5, 0.6) is 0 Å². The Kier molecular flexibility index (Phi) is 14.7. The number of carboxylic acids is 1. The molecule has 0 aliphatic carbocycles. The molecule has 0 radical (unpaired) electrons. The van der Waals surface area contributed by atoms with Crippen LogP contribution in [-0.2, 0) is 4.79 Å². The van der Waals surface area contributed by atoms with E-state index >= 15 is 0 Å². The minimum absolute atomic E-state index is 0. The monoisotopic (exact) mass is 183 g/mol. The molecule has 0 saturated carbocycles. The van der Waals surface area contributed by atoms with Crippen LogP contribution >= 0.6 is 0 Å². The number of hydrogen-bond donors (Lipinski definition) is 1. The van der Waals surface area contributed by atoms with Crippen LogP contribution in [-0.4, -0.2) is 19.1 Å². The Balaban J connectivity index is 0. The molecule has 3 nitrogen and oxygen atoms in total. The van der Waals surface area contributed by atoms with E-state index in [0.29, 0.717) is 0 Å². The molecular formula is C7H14KNO2. The van der Waals surface area contributed by atoms with Gasteiger partial charge >= 0.3 is 51.4 Å². The third-order valence-electron chi connectivity index (χ3n) is 1.23. The average Bonchev–Trinajstić information content (AvgIpc) is 1.87. The SMILES string of the molecule is CCCCCNCC(=O)[O-].[K+]. The first-order valence-electron chi connectivity index (χ1n) is 3.68. The molecule has 0 aromatic heterocycles. The number of rotatable bonds is 6. The van der Waals surface area contributed by atoms with E-state index in [9.17, 15) is 9.90 Å². The largest absolute Gasteiger partial charge is 1.00 e. The van der Waals surface area contributed by atoms with Gasteiger partial charge in [-0.2, -0.15) is 0 Å². The fourth-order valence-electron chi connectivity index (χ4n) is 0.690. The molecule has 0 rings (SSSR count). The predicted molar refractivity (Wildman–Crippen MR) is 37.4 cm³/mol. The summed E-state index contributed by atoms with van der Waals surface area (Å²) >= 11 is 0. The Labute approximate surface area is 110 Å². The quantitative estimate of drug-likeness (QED) is 0.344. The molecule has 0 aromatic rings. The summed E-state index contributed by atoms with van der Waals surface area (Å²) in [5, 5.41) is 12.6. The molecule has 1 N–H and O–H groups in total. The fourth-order valence-corrected chi connectivity index (χ4v) is 0.690. The molecule has 0 saturated heterocycles. The second-order valence-corrected chi connectivity index (χ2v) is 2.26. The Morgan fingerprint density at radius 1 is 1.45 bits per heavy atom. The summed E-state index contributed by atoms with van der Waals surface area (Å²) in [4.78, 5) is 9.86. The van der Waals surface area contributed by atoms with E-state index in [1.54, 1.807) is 0 Å². The van der Waals surface area contributed by atoms with Crippen LogP contribution in [0.4, 0.5) is 0 Å². The second-order valence-electron chi connectivity index (χ2n) is 2.26. The zero-order chi connectivity index (χ0) is 7.82. The maximum atomic E-state index is 9.86. The fraction of sp³-hybridized carbons (Fsp3) is 0.857. The van der Waals surface area contributed by atoms with E-state index in [1.165, 1.54) is 0 Å². The number of carbonyl (C=O) groups excluding carboxylic acids is 1. The molecule has 0 aliphatic rings. The summed E-state index contributed by atoms with van der Waals surface area (Å²) < 4.78 is 0. The molecule has 0 aromatic carbocycles. The Bertz CT molecular complexity index is 98.4. The van der Waals surface area contributed by atoms with Crippen molar-refractivity contribution in [3.63, 3.8) is 0 Å². The molecule has 0 unspecified atom stereocenters. The van der Waals surface area contributed by atoms with E-state index in [4.69, 9.17) is 0 Å². The standard InChI is InChI=1S/C7H15NO2.K/c1-2-3-4-5-8-6-7(9)10;/h8H,2-6H2,1H3,(H,9,10);/q;+1/p-1. The van der Waals surface area contributed by atoms with Crippen molar-refractivity contribution in [1.82, 2.24) is 5.32 Å². The summed E-state index contributed by atoms with van der Waals surface area (Å²) in [5.74, 6) is -1.03. The third kappa shape index (κ3) is 14.0. The molecule has 0 atom stereocenters. The molecule has 60 valence electrons. The van der Waals surface area contributed by atoms with Gasteiger partial charge in [-0.1, -0.05) is 19.8 Å². The van der Waals surface area contributed by atoms with Crippen LogP contribution in [0.25, 0.3) is 0 Å². The normalized spacial score (nSPS) is 8.82. The molecule has 0 aliphatic heterocycles. The topological polar surface area (TPSA) is 52.2 Å². The van der Waals surface area contributed by atoms with Gasteiger partial charge in [-0.3, -0.25) is 0 Å². The molecular weight excluding hydrogens is 169 g/mol. The number of unbranched alkanes of at least 4 members (excludes halogenated alkanes) is 2. The predicted octanol–water partition coefficient (Wildman–Crippen LogP) is -3.48. The molecule has 0 spiro atoms. The minimum atomic E-state index is -1.03. The van der Waals surface area contributed by atoms with Gasteiger partial charge in [-0.05, 0) is 13.0 Å². The molecule has 0 bridgehead atoms. The van der Waals surface area contributed by atoms with Crippen molar-refractivity contribution >= 4 is 5.97 Å². The molecule has 4 heteroatoms. The van der Waals surface area contributed by atoms with Crippen LogP contribution < -0.4 is 61.8 Å². The van der Waals surface area contributed by atoms with Gasteiger partial charge < -0.3 is 15.2 Å². The van der Waals surface area contributed by atoms with Crippen LogP contribution in [0.15, 0.2) is 0 Å². The number of aliphatic carboxylic acids is 1. The summed E-state index contributed by atoms with van der Waals surface area (Å²) in [6.07, 6.45) is 3.36. The summed E-state index contributed by atoms with van der Waals surface area (Å²) in [6.45, 7) is 2.87. The van der Waals surface area contributed by atoms with Crippen molar-refractivity contribution in [2.45, 2.75) is 26.2 Å². The Hall–Kier alpha value is 1.07. The maximum Gasteiger partial charge on any atom is 1.00 e. The first-order chi connectivity index (χ1) is 4.77. The van der Waals surface area contributed by atoms with Crippen molar-refractivity contribution in [2.24, 2.45) is 0 Å².